The number of hydrogen-bond acceptors (Lipinski definition) is 12. The third kappa shape index (κ3) is 2.63. The maximum Gasteiger partial charge on any atom is 0.454 e. The number of aliphatic hydroxyl groups excluding tert-OH is 2. The molecule has 4 N–H and O–H groups in total. The minimum atomic E-state index is -4.83. The molecule has 0 saturated carbocycles. The quantitative estimate of drug-likeness (QED) is 0.420. The highest BCUT2D eigenvalue weighted by molar-refractivity contribution is 7.82. The predicted molar refractivity (Wildman–Crippen MR) is 54.8 cm³/mol. The van der Waals surface area contributed by atoms with Crippen LogP contribution in [0.5, 0.6) is 0 Å². The fraction of sp³-hybridized carbons (Fsp3) is 0.833. The van der Waals surface area contributed by atoms with Crippen LogP contribution < -0.4 is 5.73 Å². The highest BCUT2D eigenvalue weighted by atomic mass is 32.3. The van der Waals surface area contributed by atoms with Gasteiger partial charge in [0.05, 0.1) is 6.61 Å². The number of hydrogen-bond donors (Lipinski definition) is 3. The molecule has 0 bridgehead atoms. The van der Waals surface area contributed by atoms with Crippen LogP contribution in [0.4, 0.5) is 0 Å². The second-order valence-electron chi connectivity index (χ2n) is 3.92. The van der Waals surface area contributed by atoms with E-state index in [0.29, 0.717) is 0 Å². The first-order chi connectivity index (χ1) is 8.97. The average molecular weight is 335 g/mol. The zero-order chi connectivity index (χ0) is 15.3. The first-order valence-corrected chi connectivity index (χ1v) is 7.56. The minimum absolute atomic E-state index is 0.891. The summed E-state index contributed by atoms with van der Waals surface area (Å²) in [5.74, 6) is -1.72. The molecule has 116 valence electrons. The number of carbonyl (C=O) groups is 1. The fourth-order valence-corrected chi connectivity index (χ4v) is 3.25. The Labute approximate surface area is 112 Å². The first-order valence-electron chi connectivity index (χ1n) is 4.89. The molecule has 2 aliphatic heterocycles. The van der Waals surface area contributed by atoms with E-state index in [4.69, 9.17) is 5.73 Å². The maximum atomic E-state index is 11.4. The molecule has 0 aromatic heterocycles. The Morgan fingerprint density at radius 1 is 1.20 bits per heavy atom. The molecule has 2 rings (SSSR count). The molecule has 0 aromatic rings. The van der Waals surface area contributed by atoms with Crippen molar-refractivity contribution in [1.29, 1.82) is 0 Å². The van der Waals surface area contributed by atoms with Gasteiger partial charge >= 0.3 is 26.8 Å². The van der Waals surface area contributed by atoms with Crippen molar-refractivity contribution in [2.45, 2.75) is 24.0 Å². The van der Waals surface area contributed by atoms with Crippen molar-refractivity contribution in [2.75, 3.05) is 6.61 Å². The highest BCUT2D eigenvalue weighted by Crippen LogP contribution is 2.31. The van der Waals surface area contributed by atoms with Gasteiger partial charge in [0.25, 0.3) is 5.72 Å². The van der Waals surface area contributed by atoms with Gasteiger partial charge in [0.15, 0.2) is 6.10 Å². The fourth-order valence-electron chi connectivity index (χ4n) is 1.53. The summed E-state index contributed by atoms with van der Waals surface area (Å²) in [7, 11) is -9.58. The second-order valence-corrected chi connectivity index (χ2v) is 6.32. The smallest absolute Gasteiger partial charge is 0.388 e. The predicted octanol–water partition coefficient (Wildman–Crippen LogP) is -4.16. The topological polar surface area (TPSA) is 189 Å². The Morgan fingerprint density at radius 3 is 2.30 bits per heavy atom. The van der Waals surface area contributed by atoms with Crippen LogP contribution in [-0.4, -0.2) is 63.7 Å². The summed E-state index contributed by atoms with van der Waals surface area (Å²) < 4.78 is 60.8. The van der Waals surface area contributed by atoms with E-state index in [1.807, 2.05) is 0 Å². The summed E-state index contributed by atoms with van der Waals surface area (Å²) in [6.45, 7) is -0.891. The number of aliphatic hydroxyl groups is 2. The van der Waals surface area contributed by atoms with Gasteiger partial charge in [-0.1, -0.05) is 0 Å². The van der Waals surface area contributed by atoms with Crippen LogP contribution in [-0.2, 0) is 42.3 Å². The Bertz CT molecular complexity index is 625. The van der Waals surface area contributed by atoms with Crippen molar-refractivity contribution in [3.05, 3.63) is 0 Å². The van der Waals surface area contributed by atoms with Crippen LogP contribution in [0.2, 0.25) is 0 Å². The van der Waals surface area contributed by atoms with Crippen LogP contribution in [0.3, 0.4) is 0 Å². The molecule has 0 radical (unpaired) electrons. The molecule has 2 aliphatic rings. The molecule has 0 aromatic carbocycles. The largest absolute Gasteiger partial charge is 0.454 e. The Hall–Kier alpha value is -0.870. The van der Waals surface area contributed by atoms with E-state index in [1.54, 1.807) is 0 Å². The molecule has 0 spiro atoms. The van der Waals surface area contributed by atoms with Crippen molar-refractivity contribution < 1.29 is 48.6 Å². The molecule has 14 heteroatoms. The summed E-state index contributed by atoms with van der Waals surface area (Å²) in [5.41, 5.74) is 2.32. The molecule has 2 fully saturated rings. The molecule has 0 aliphatic carbocycles. The van der Waals surface area contributed by atoms with Gasteiger partial charge in [0.2, 0.25) is 0 Å². The van der Waals surface area contributed by atoms with Gasteiger partial charge in [-0.25, -0.2) is 17.3 Å². The van der Waals surface area contributed by atoms with Gasteiger partial charge in [-0.05, 0) is 0 Å². The van der Waals surface area contributed by atoms with Gasteiger partial charge in [0, 0.05) is 0 Å². The second kappa shape index (κ2) is 4.57. The van der Waals surface area contributed by atoms with Crippen molar-refractivity contribution in [3.63, 3.8) is 0 Å². The normalized spacial score (nSPS) is 43.8. The Morgan fingerprint density at radius 2 is 1.80 bits per heavy atom. The molecule has 2 saturated heterocycles. The minimum Gasteiger partial charge on any atom is -0.388 e. The van der Waals surface area contributed by atoms with E-state index in [2.05, 4.69) is 16.7 Å². The van der Waals surface area contributed by atoms with E-state index >= 15 is 0 Å². The summed E-state index contributed by atoms with van der Waals surface area (Å²) in [6.07, 6.45) is -6.23. The monoisotopic (exact) mass is 335 g/mol. The molecular formula is C6H9NO11S2. The summed E-state index contributed by atoms with van der Waals surface area (Å²) in [6, 6.07) is 0. The van der Waals surface area contributed by atoms with Gasteiger partial charge in [-0.3, -0.25) is 5.73 Å². The van der Waals surface area contributed by atoms with Gasteiger partial charge in [-0.15, -0.1) is 0 Å². The van der Waals surface area contributed by atoms with Crippen molar-refractivity contribution in [3.8, 4) is 0 Å². The summed E-state index contributed by atoms with van der Waals surface area (Å²) in [4.78, 5) is 11.4. The number of rotatable bonds is 1. The third-order valence-electron chi connectivity index (χ3n) is 2.47. The first kappa shape index (κ1) is 15.5. The highest BCUT2D eigenvalue weighted by Gasteiger charge is 2.62. The lowest BCUT2D eigenvalue weighted by atomic mass is 9.99. The van der Waals surface area contributed by atoms with E-state index in [0.717, 1.165) is 0 Å². The van der Waals surface area contributed by atoms with Crippen molar-refractivity contribution in [1.82, 2.24) is 0 Å². The van der Waals surface area contributed by atoms with E-state index < -0.39 is 57.4 Å². The summed E-state index contributed by atoms with van der Waals surface area (Å²) in [5, 5.41) is 19.1. The number of carbonyl (C=O) groups excluding carboxylic acids is 1. The third-order valence-corrected chi connectivity index (χ3v) is 4.17. The molecule has 0 unspecified atom stereocenters. The lowest BCUT2D eigenvalue weighted by molar-refractivity contribution is -0.160. The molecule has 2 heterocycles. The SMILES string of the molecule is N[C@@]1([C@H]2OS(=O)(=O)OC[C@@H](O)[C@H]2O)OS(=O)(=O)OC1=O. The average Bonchev–Trinajstić information content (AvgIpc) is 2.44. The molecular weight excluding hydrogens is 326 g/mol. The zero-order valence-corrected chi connectivity index (χ0v) is 11.0. The molecule has 0 amide bonds. The van der Waals surface area contributed by atoms with Crippen LogP contribution >= 0.6 is 0 Å². The van der Waals surface area contributed by atoms with E-state index in [1.165, 1.54) is 0 Å². The van der Waals surface area contributed by atoms with Crippen molar-refractivity contribution >= 4 is 26.8 Å². The lowest BCUT2D eigenvalue weighted by Crippen LogP contribution is -2.63. The summed E-state index contributed by atoms with van der Waals surface area (Å²) >= 11 is 0. The van der Waals surface area contributed by atoms with Crippen LogP contribution in [0.25, 0.3) is 0 Å². The van der Waals surface area contributed by atoms with Gasteiger partial charge in [-0.2, -0.15) is 16.8 Å². The van der Waals surface area contributed by atoms with E-state index in [9.17, 15) is 31.8 Å². The maximum absolute atomic E-state index is 11.4. The van der Waals surface area contributed by atoms with Crippen LogP contribution in [0.1, 0.15) is 0 Å². The molecule has 20 heavy (non-hydrogen) atoms. The van der Waals surface area contributed by atoms with Gasteiger partial charge < -0.3 is 14.4 Å². The van der Waals surface area contributed by atoms with Crippen LogP contribution in [0.15, 0.2) is 0 Å². The lowest BCUT2D eigenvalue weighted by Gasteiger charge is -2.29. The van der Waals surface area contributed by atoms with Gasteiger partial charge in [0.1, 0.15) is 12.2 Å². The zero-order valence-electron chi connectivity index (χ0n) is 9.40. The molecule has 4 atom stereocenters. The molecule has 12 nitrogen and oxygen atoms in total. The number of nitrogens with two attached hydrogens (primary N) is 1. The standard InChI is InChI=1S/C6H9NO11S2/c7-6(5(10)17-20(13,14)18-6)4-3(9)2(8)1-15-19(11,12)16-4/h2-4,8-9H,1,7H2/t2-,3-,4+,6+/m1/s1. The Balaban J connectivity index is 2.45. The van der Waals surface area contributed by atoms with E-state index in [-0.39, 0.29) is 0 Å². The van der Waals surface area contributed by atoms with Crippen LogP contribution in [0, 0.1) is 0 Å². The van der Waals surface area contributed by atoms with Crippen molar-refractivity contribution in [2.24, 2.45) is 5.73 Å². The Kier molecular flexibility index (Phi) is 3.54.